The third-order valence-corrected chi connectivity index (χ3v) is 17.5. The molecule has 13 heteroatoms. The number of ether oxygens (including phenoxy) is 5. The zero-order valence-electron chi connectivity index (χ0n) is 33.2. The van der Waals surface area contributed by atoms with Gasteiger partial charge in [0.05, 0.1) is 30.3 Å². The fourth-order valence-electron chi connectivity index (χ4n) is 14.0. The quantitative estimate of drug-likeness (QED) is 0.125. The van der Waals surface area contributed by atoms with Crippen molar-refractivity contribution >= 4 is 5.97 Å². The van der Waals surface area contributed by atoms with Crippen LogP contribution in [0.25, 0.3) is 0 Å². The highest BCUT2D eigenvalue weighted by Crippen LogP contribution is 2.77. The Hall–Kier alpha value is -1.23. The van der Waals surface area contributed by atoms with E-state index < -0.39 is 83.4 Å². The summed E-state index contributed by atoms with van der Waals surface area (Å²) in [6.07, 6.45) is -6.74. The molecule has 4 saturated carbocycles. The Balaban J connectivity index is 1.07. The molecule has 0 aromatic rings. The first-order chi connectivity index (χ1) is 25.0. The van der Waals surface area contributed by atoms with E-state index in [0.29, 0.717) is 32.1 Å². The van der Waals surface area contributed by atoms with Crippen molar-refractivity contribution in [3.63, 3.8) is 0 Å². The van der Waals surface area contributed by atoms with Gasteiger partial charge in [0.25, 0.3) is 0 Å². The van der Waals surface area contributed by atoms with Gasteiger partial charge in [-0.3, -0.25) is 4.79 Å². The summed E-state index contributed by atoms with van der Waals surface area (Å²) < 4.78 is 30.4. The van der Waals surface area contributed by atoms with Crippen LogP contribution in [0.1, 0.15) is 113 Å². The van der Waals surface area contributed by atoms with Crippen LogP contribution in [0.3, 0.4) is 0 Å². The van der Waals surface area contributed by atoms with Gasteiger partial charge in [-0.15, -0.1) is 0 Å². The van der Waals surface area contributed by atoms with Gasteiger partial charge in [-0.2, -0.15) is 0 Å². The number of rotatable bonds is 4. The lowest BCUT2D eigenvalue weighted by Gasteiger charge is -2.73. The van der Waals surface area contributed by atoms with E-state index in [4.69, 9.17) is 23.7 Å². The summed E-state index contributed by atoms with van der Waals surface area (Å²) in [7, 11) is 0. The molecular formula is C41H64O13. The first-order valence-corrected chi connectivity index (χ1v) is 20.4. The minimum Gasteiger partial charge on any atom is -0.455 e. The molecule has 8 fully saturated rings. The molecule has 7 N–H and O–H groups in total. The monoisotopic (exact) mass is 764 g/mol. The second-order valence-corrected chi connectivity index (χ2v) is 20.3. The molecule has 0 radical (unpaired) electrons. The number of aliphatic hydroxyl groups is 7. The third kappa shape index (κ3) is 4.99. The fourth-order valence-corrected chi connectivity index (χ4v) is 14.0. The lowest BCUT2D eigenvalue weighted by Crippen LogP contribution is -2.72. The van der Waals surface area contributed by atoms with Gasteiger partial charge in [-0.1, -0.05) is 40.2 Å². The molecule has 1 spiro atoms. The number of fused-ring (bicyclic) bond motifs is 7. The van der Waals surface area contributed by atoms with Gasteiger partial charge < -0.3 is 59.4 Å². The van der Waals surface area contributed by atoms with Gasteiger partial charge in [-0.25, -0.2) is 0 Å². The standard InChI is InChI=1S/C41H64O13/c1-19-25(44)27(46)28(47)32(51-19)53-29-26(45)22(43)18-50-33(29)52-24-10-11-36(4)23(35(24,2)3)9-12-38(6)31(36)21(42)17-20-30-40(8,49)39(7)14-16-41(30,34(48)54-39)15-13-37(20,38)5/h19,21-29,31-33,42-47,49H,9-18H2,1-8H3/t19-,21-,22-,23?,24-,25-,26-,27+,28+,29+,31+,32-,33-,36-,37+,38+,39-,40-,41+/m0/s1. The van der Waals surface area contributed by atoms with Crippen LogP contribution in [0, 0.1) is 38.9 Å². The van der Waals surface area contributed by atoms with Crippen molar-refractivity contribution < 1.29 is 64.2 Å². The van der Waals surface area contributed by atoms with E-state index in [9.17, 15) is 40.5 Å². The lowest BCUT2D eigenvalue weighted by molar-refractivity contribution is -0.365. The first kappa shape index (κ1) is 39.6. The van der Waals surface area contributed by atoms with Crippen molar-refractivity contribution in [2.45, 2.75) is 192 Å². The van der Waals surface area contributed by atoms with Crippen molar-refractivity contribution in [2.24, 2.45) is 38.9 Å². The van der Waals surface area contributed by atoms with E-state index in [-0.39, 0.29) is 46.8 Å². The smallest absolute Gasteiger partial charge is 0.316 e. The fraction of sp³-hybridized carbons (Fsp3) is 0.927. The highest BCUT2D eigenvalue weighted by atomic mass is 16.8. The predicted octanol–water partition coefficient (Wildman–Crippen LogP) is 2.23. The van der Waals surface area contributed by atoms with Crippen LogP contribution in [0.4, 0.5) is 0 Å². The lowest BCUT2D eigenvalue weighted by atomic mass is 9.33. The van der Waals surface area contributed by atoms with Crippen LogP contribution in [-0.4, -0.2) is 127 Å². The Kier molecular flexibility index (Phi) is 9.09. The average molecular weight is 765 g/mol. The predicted molar refractivity (Wildman–Crippen MR) is 191 cm³/mol. The molecule has 4 aliphatic heterocycles. The third-order valence-electron chi connectivity index (χ3n) is 17.5. The van der Waals surface area contributed by atoms with E-state index in [1.165, 1.54) is 6.92 Å². The number of esters is 1. The van der Waals surface area contributed by atoms with Crippen molar-refractivity contribution in [1.82, 2.24) is 0 Å². The normalized spacial score (nSPS) is 58.1. The summed E-state index contributed by atoms with van der Waals surface area (Å²) >= 11 is 0. The number of carbonyl (C=O) groups is 1. The van der Waals surface area contributed by atoms with Gasteiger partial charge in [0.2, 0.25) is 0 Å². The van der Waals surface area contributed by atoms with Gasteiger partial charge >= 0.3 is 5.97 Å². The van der Waals surface area contributed by atoms with Crippen LogP contribution in [0.5, 0.6) is 0 Å². The molecule has 2 bridgehead atoms. The van der Waals surface area contributed by atoms with Gasteiger partial charge in [0, 0.05) is 0 Å². The van der Waals surface area contributed by atoms with Crippen LogP contribution < -0.4 is 0 Å². The van der Waals surface area contributed by atoms with Crippen molar-refractivity contribution in [2.75, 3.05) is 6.61 Å². The number of hydrogen-bond acceptors (Lipinski definition) is 13. The van der Waals surface area contributed by atoms with E-state index >= 15 is 0 Å². The van der Waals surface area contributed by atoms with Crippen molar-refractivity contribution in [3.8, 4) is 0 Å². The summed E-state index contributed by atoms with van der Waals surface area (Å²) in [4.78, 5) is 13.7. The minimum absolute atomic E-state index is 0.0617. The molecule has 4 heterocycles. The Morgan fingerprint density at radius 1 is 0.741 bits per heavy atom. The molecule has 5 aliphatic carbocycles. The summed E-state index contributed by atoms with van der Waals surface area (Å²) in [5.74, 6) is -0.158. The van der Waals surface area contributed by atoms with Gasteiger partial charge in [0.1, 0.15) is 47.8 Å². The largest absolute Gasteiger partial charge is 0.455 e. The molecule has 306 valence electrons. The van der Waals surface area contributed by atoms with E-state index in [0.717, 1.165) is 36.8 Å². The number of aliphatic hydroxyl groups excluding tert-OH is 6. The maximum Gasteiger partial charge on any atom is 0.316 e. The first-order valence-electron chi connectivity index (χ1n) is 20.4. The molecule has 0 amide bonds. The Morgan fingerprint density at radius 3 is 2.11 bits per heavy atom. The molecule has 0 aromatic heterocycles. The molecule has 4 saturated heterocycles. The number of hydrogen-bond donors (Lipinski definition) is 7. The summed E-state index contributed by atoms with van der Waals surface area (Å²) in [6, 6.07) is 0. The van der Waals surface area contributed by atoms with E-state index in [1.54, 1.807) is 0 Å². The highest BCUT2D eigenvalue weighted by Gasteiger charge is 2.75. The molecule has 13 nitrogen and oxygen atoms in total. The van der Waals surface area contributed by atoms with E-state index in [1.807, 2.05) is 13.8 Å². The second kappa shape index (κ2) is 12.4. The molecule has 9 rings (SSSR count). The maximum absolute atomic E-state index is 13.7. The average Bonchev–Trinajstić information content (AvgIpc) is 3.08. The van der Waals surface area contributed by atoms with Crippen molar-refractivity contribution in [1.29, 1.82) is 0 Å². The Bertz CT molecular complexity index is 1560. The highest BCUT2D eigenvalue weighted by molar-refractivity contribution is 5.86. The summed E-state index contributed by atoms with van der Waals surface area (Å²) in [6.45, 7) is 16.4. The molecular weight excluding hydrogens is 700 g/mol. The maximum atomic E-state index is 13.7. The van der Waals surface area contributed by atoms with Crippen LogP contribution in [0.2, 0.25) is 0 Å². The Morgan fingerprint density at radius 2 is 1.43 bits per heavy atom. The topological polar surface area (TPSA) is 205 Å². The Labute approximate surface area is 318 Å². The van der Waals surface area contributed by atoms with Crippen LogP contribution in [0.15, 0.2) is 11.1 Å². The molecule has 19 atom stereocenters. The van der Waals surface area contributed by atoms with E-state index in [2.05, 4.69) is 34.6 Å². The molecule has 54 heavy (non-hydrogen) atoms. The minimum atomic E-state index is -1.61. The van der Waals surface area contributed by atoms with Gasteiger partial charge in [0.15, 0.2) is 12.6 Å². The van der Waals surface area contributed by atoms with Crippen LogP contribution >= 0.6 is 0 Å². The van der Waals surface area contributed by atoms with Gasteiger partial charge in [-0.05, 0) is 118 Å². The van der Waals surface area contributed by atoms with Crippen molar-refractivity contribution in [3.05, 3.63) is 11.1 Å². The van der Waals surface area contributed by atoms with Crippen LogP contribution in [-0.2, 0) is 28.5 Å². The molecule has 1 unspecified atom stereocenters. The zero-order valence-corrected chi connectivity index (χ0v) is 33.2. The molecule has 9 aliphatic rings. The SMILES string of the molecule is C[C@@H]1O[C@@H](O[C@H]2[C@H](O[C@H]3CC[C@@]4(C)C(CC[C@]5(C)[C@@H]4[C@@H](O)CC4=C6[C@]7(CC[C@](C)(OC7=O)[C@@]6(C)O)CC[C@]45C)C3(C)C)OC[C@H](O)[C@@H]2O)[C@H](O)[C@H](O)[C@H]1O. The second-order valence-electron chi connectivity index (χ2n) is 20.3. The molecule has 0 aromatic carbocycles. The number of carbonyl (C=O) groups excluding carboxylic acids is 1. The summed E-state index contributed by atoms with van der Waals surface area (Å²) in [5, 5.41) is 77.7. The summed E-state index contributed by atoms with van der Waals surface area (Å²) in [5.41, 5.74) is -2.67. The zero-order chi connectivity index (χ0) is 39.3.